The molecule has 0 unspecified atom stereocenters. The molecule has 684 valence electrons. The fourth-order valence-electron chi connectivity index (χ4n) is 15.9. The molecule has 6 aliphatic rings. The number of hydrogen-bond donors (Lipinski definition) is 7. The molecule has 0 bridgehead atoms. The van der Waals surface area contributed by atoms with Gasteiger partial charge in [-0.2, -0.15) is 0 Å². The van der Waals surface area contributed by atoms with Gasteiger partial charge in [0.25, 0.3) is 5.91 Å². The summed E-state index contributed by atoms with van der Waals surface area (Å²) in [6.45, 7) is 28.5. The van der Waals surface area contributed by atoms with Gasteiger partial charge in [-0.05, 0) is 141 Å². The molecule has 8 aromatic rings. The van der Waals surface area contributed by atoms with Crippen molar-refractivity contribution in [3.05, 3.63) is 195 Å². The number of fused-ring (bicyclic) bond motifs is 2. The van der Waals surface area contributed by atoms with E-state index in [1.54, 1.807) is 152 Å². The van der Waals surface area contributed by atoms with Gasteiger partial charge >= 0.3 is 18.2 Å². The Kier molecular flexibility index (Phi) is 30.1. The molecule has 2 saturated heterocycles. The number of alkyl carbamates (subject to hydrolysis) is 2. The fraction of sp³-hybridized carbons (Fsp3) is 0.447. The first kappa shape index (κ1) is 98.6. The van der Waals surface area contributed by atoms with Crippen LogP contribution in [0.25, 0.3) is 44.3 Å². The minimum atomic E-state index is -4.22. The Hall–Kier alpha value is -11.0. The number of carboxylic acids is 1. The summed E-state index contributed by atoms with van der Waals surface area (Å²) in [6, 6.07) is 39.9. The second kappa shape index (κ2) is 39.4. The van der Waals surface area contributed by atoms with Gasteiger partial charge in [0.1, 0.15) is 81.7 Å². The van der Waals surface area contributed by atoms with Gasteiger partial charge in [-0.25, -0.2) is 46.3 Å². The fourth-order valence-corrected chi connectivity index (χ4v) is 18.6. The van der Waals surface area contributed by atoms with Crippen molar-refractivity contribution < 1.29 is 120 Å². The smallest absolute Gasteiger partial charge is 0.408 e. The Bertz CT molecular complexity index is 5750. The summed E-state index contributed by atoms with van der Waals surface area (Å²) in [5.74, 6) is -3.37. The van der Waals surface area contributed by atoms with Crippen molar-refractivity contribution in [3.63, 3.8) is 0 Å². The molecule has 129 heavy (non-hydrogen) atoms. The number of nitrogens with zero attached hydrogens (tertiary/aromatic N) is 6. The zero-order valence-corrected chi connectivity index (χ0v) is 80.9. The van der Waals surface area contributed by atoms with E-state index in [0.29, 0.717) is 94.0 Å². The number of ether oxygens (including phenoxy) is 6. The van der Waals surface area contributed by atoms with E-state index in [1.807, 2.05) is 103 Å². The molecule has 6 fully saturated rings. The maximum atomic E-state index is 14.8. The third kappa shape index (κ3) is 23.6. The summed E-state index contributed by atoms with van der Waals surface area (Å²) in [4.78, 5) is 131. The molecule has 7 amide bonds. The Morgan fingerprint density at radius 2 is 0.938 bits per heavy atom. The van der Waals surface area contributed by atoms with Gasteiger partial charge in [-0.1, -0.05) is 126 Å². The third-order valence-corrected chi connectivity index (χ3v) is 27.4. The van der Waals surface area contributed by atoms with Crippen LogP contribution >= 0.6 is 0 Å². The van der Waals surface area contributed by atoms with Crippen LogP contribution in [0.3, 0.4) is 0 Å². The first-order valence-electron chi connectivity index (χ1n) is 42.8. The molecular formula is C94H115BN12O19S2U. The Morgan fingerprint density at radius 1 is 0.558 bits per heavy atom. The molecule has 4 saturated carbocycles. The SMILES string of the molecule is C=C[C@@H]1C[C@]1(NC(=O)[C@@H]1C[C@@H](Oc2cc(-c3ccccc3)nc3cc(OC)ccc23)CN1C(=O)[C@@H](NC(=O)OC(C)(C)C)C(C)(C)C)C(=O)NS(=O)(=O)C1(Cc2ccccn2)CC1.C=C[C@@H]1C[C@]1(NC(=O)[C@@H]1C[C@@H](Oc2cc(-c3ccccc3)nc3cc(OC)ccc23)CN1C(=O)[C@@H](NC(=O)OC(C)(C)C)C(C)(C)C)C(=O)O.NS(=O)(=O)C1(Cc2ccccn2)CC1.[2H][B].[U]. The second-order valence-corrected chi connectivity index (χ2v) is 41.6. The maximum absolute atomic E-state index is 14.8. The molecule has 14 rings (SSSR count). The van der Waals surface area contributed by atoms with Crippen molar-refractivity contribution in [3.8, 4) is 45.5 Å². The first-order valence-corrected chi connectivity index (χ1v) is 45.2. The van der Waals surface area contributed by atoms with Gasteiger partial charge < -0.3 is 64.6 Å². The van der Waals surface area contributed by atoms with E-state index in [-0.39, 0.29) is 76.3 Å². The van der Waals surface area contributed by atoms with Gasteiger partial charge in [0.2, 0.25) is 43.7 Å². The number of hydrogen-bond acceptors (Lipinski definition) is 22. The number of nitrogens with one attached hydrogen (secondary N) is 5. The topological polar surface area (TPSA) is 425 Å². The quantitative estimate of drug-likeness (QED) is 0.0186. The number of carbonyl (C=O) groups excluding carboxylic acids is 7. The molecule has 10 atom stereocenters. The van der Waals surface area contributed by atoms with Crippen LogP contribution in [0.15, 0.2) is 183 Å². The van der Waals surface area contributed by atoms with Crippen molar-refractivity contribution in [2.75, 3.05) is 27.3 Å². The number of sulfonamides is 2. The van der Waals surface area contributed by atoms with E-state index < -0.39 is 159 Å². The predicted molar refractivity (Wildman–Crippen MR) is 485 cm³/mol. The number of aromatic nitrogens is 4. The van der Waals surface area contributed by atoms with E-state index in [4.69, 9.17) is 44.9 Å². The van der Waals surface area contributed by atoms with Crippen LogP contribution in [-0.2, 0) is 71.1 Å². The van der Waals surface area contributed by atoms with E-state index in [0.717, 1.165) is 16.8 Å². The summed E-state index contributed by atoms with van der Waals surface area (Å²) >= 11 is 0. The number of carboxylic acid groups (broad SMARTS) is 1. The minimum absolute atomic E-state index is 0. The van der Waals surface area contributed by atoms with Crippen LogP contribution in [0.4, 0.5) is 9.59 Å². The average molecular weight is 2030 g/mol. The monoisotopic (exact) mass is 2030 g/mol. The van der Waals surface area contributed by atoms with Crippen molar-refractivity contribution in [1.29, 1.82) is 1.34 Å². The van der Waals surface area contributed by atoms with Gasteiger partial charge in [-0.3, -0.25) is 38.7 Å². The predicted octanol–water partition coefficient (Wildman–Crippen LogP) is 11.0. The molecule has 8 N–H and O–H groups in total. The number of primary sulfonamides is 1. The minimum Gasteiger partial charge on any atom is -0.497 e. The van der Waals surface area contributed by atoms with E-state index in [1.165, 1.54) is 22.0 Å². The number of methoxy groups -OCH3 is 2. The number of rotatable bonds is 27. The number of nitrogens with two attached hydrogens (primary N) is 1. The van der Waals surface area contributed by atoms with Crippen molar-refractivity contribution in [2.24, 2.45) is 27.8 Å². The van der Waals surface area contributed by atoms with Crippen LogP contribution in [-0.4, -0.2) is 205 Å². The van der Waals surface area contributed by atoms with E-state index >= 15 is 0 Å². The van der Waals surface area contributed by atoms with Crippen molar-refractivity contribution >= 4 is 97.9 Å². The molecule has 35 heteroatoms. The zero-order valence-electron chi connectivity index (χ0n) is 76.1. The van der Waals surface area contributed by atoms with Gasteiger partial charge in [0, 0.05) is 147 Å². The molecule has 6 heterocycles. The Labute approximate surface area is 780 Å². The van der Waals surface area contributed by atoms with Gasteiger partial charge in [0.05, 0.1) is 59.2 Å². The van der Waals surface area contributed by atoms with E-state index in [9.17, 15) is 60.3 Å². The van der Waals surface area contributed by atoms with E-state index in [2.05, 4.69) is 57.5 Å². The molecule has 2 radical (unpaired) electrons. The third-order valence-electron chi connectivity index (χ3n) is 23.5. The second-order valence-electron chi connectivity index (χ2n) is 37.5. The van der Waals surface area contributed by atoms with Crippen LogP contribution < -0.4 is 50.1 Å². The van der Waals surface area contributed by atoms with Crippen LogP contribution in [0, 0.1) is 53.8 Å². The molecule has 0 spiro atoms. The molecular weight excluding hydrogens is 1910 g/mol. The van der Waals surface area contributed by atoms with Gasteiger partial charge in [0.15, 0.2) is 0 Å². The van der Waals surface area contributed by atoms with Crippen LogP contribution in [0.2, 0.25) is 0 Å². The number of pyridine rings is 4. The maximum Gasteiger partial charge on any atom is 0.408 e. The average Bonchev–Trinajstić information content (AvgIpc) is 1.56. The molecule has 4 aromatic carbocycles. The Morgan fingerprint density at radius 3 is 1.27 bits per heavy atom. The molecule has 2 aliphatic heterocycles. The normalized spacial score (nSPS) is 21.5. The Balaban J connectivity index is 0.000000233. The van der Waals surface area contributed by atoms with Crippen molar-refractivity contribution in [1.82, 2.24) is 55.7 Å². The molecule has 4 aromatic heterocycles. The summed E-state index contributed by atoms with van der Waals surface area (Å²) in [6.07, 6.45) is 6.14. The number of aliphatic carboxylic acids is 1. The largest absolute Gasteiger partial charge is 0.497 e. The summed E-state index contributed by atoms with van der Waals surface area (Å²) in [5, 5.41) is 27.6. The van der Waals surface area contributed by atoms with Crippen molar-refractivity contribution in [2.45, 2.75) is 215 Å². The number of carbonyl (C=O) groups is 8. The molecule has 4 aliphatic carbocycles. The summed E-state index contributed by atoms with van der Waals surface area (Å²) in [5.41, 5.74) is -0.873. The number of amides is 7. The molecule has 31 nitrogen and oxygen atoms in total. The summed E-state index contributed by atoms with van der Waals surface area (Å²) in [7, 11) is -0.756. The van der Waals surface area contributed by atoms with Gasteiger partial charge in [-0.15, -0.1) is 13.2 Å². The standard InChI is InChI=1S/C47H56N6O9S.C38H46N4O8.C9H12N2O2S.BH.U/c1-9-30-26-47(30,42(56)52-63(58,59)46(20-21-46)27-31-17-13-14-22-48-31)51-40(54)37-24-33(28-53(37)41(55)39(44(2,3)4)50-43(57)62-45(5,6)7)61-38-25-35(29-15-11-10-12-16-29)49-36-23-32(60-8)18-19-34(36)38;1-9-23-20-38(23,34(45)46)41-32(43)29-18-25(21-42(29)33(44)31(36(2,3)4)40-35(47)50-37(5,6)7)49-30-19-27(22-13-11-10-12-14-22)39-28-17-24(48-8)15-16-26(28)30;10-14(12,13)9(4-5-9)7-8-3-1-2-6-11-8;;/h9-19,22-23,25,30,33,37,39H,1,20-21,24,26-28H2,2-8H3,(H,50,57)(H,51,54)(H,52,56);9-17,19,23,25,29,31H,1,18,20-21H2,2-8H3,(H,40,47)(H,41,43)(H,45,46);1-3,6H,4-5,7H2,(H2,10,12,13);1H;/t30-,33-,37+,39-,47-;23-,25-,29+,31-,38-;;;/m11.../s1/i;;;1D;. The number of likely N-dealkylation sites (tertiary alicyclic amines) is 2. The zero-order chi connectivity index (χ0) is 94.4. The summed E-state index contributed by atoms with van der Waals surface area (Å²) < 4.78 is 91.2. The van der Waals surface area contributed by atoms with Crippen LogP contribution in [0.1, 0.15) is 146 Å². The van der Waals surface area contributed by atoms with Crippen LogP contribution in [0.5, 0.6) is 23.0 Å². The number of benzene rings is 4. The first-order chi connectivity index (χ1) is 60.7.